The van der Waals surface area contributed by atoms with Gasteiger partial charge in [-0.3, -0.25) is 9.78 Å². The van der Waals surface area contributed by atoms with E-state index in [2.05, 4.69) is 17.2 Å². The van der Waals surface area contributed by atoms with E-state index in [0.717, 1.165) is 42.8 Å². The van der Waals surface area contributed by atoms with Crippen molar-refractivity contribution in [1.29, 1.82) is 0 Å². The average Bonchev–Trinajstić information content (AvgIpc) is 3.02. The molecule has 0 aromatic carbocycles. The van der Waals surface area contributed by atoms with E-state index in [1.54, 1.807) is 23.7 Å². The van der Waals surface area contributed by atoms with Crippen molar-refractivity contribution in [1.82, 2.24) is 15.3 Å². The predicted molar refractivity (Wildman–Crippen MR) is 93.4 cm³/mol. The first kappa shape index (κ1) is 16.1. The highest BCUT2D eigenvalue weighted by Crippen LogP contribution is 2.34. The molecule has 0 bridgehead atoms. The molecule has 1 N–H and O–H groups in total. The van der Waals surface area contributed by atoms with Crippen LogP contribution in [0.3, 0.4) is 0 Å². The topological polar surface area (TPSA) is 54.9 Å². The largest absolute Gasteiger partial charge is 0.356 e. The first-order valence-corrected chi connectivity index (χ1v) is 9.26. The SMILES string of the molecule is CCCCCNC(=O)C1CCc2nc(-c3ccncc3)sc2C1. The van der Waals surface area contributed by atoms with Crippen LogP contribution in [0.25, 0.3) is 10.6 Å². The Balaban J connectivity index is 1.62. The number of hydrogen-bond donors (Lipinski definition) is 1. The van der Waals surface area contributed by atoms with E-state index in [9.17, 15) is 4.79 Å². The fraction of sp³-hybridized carbons (Fsp3) is 0.500. The second-order valence-electron chi connectivity index (χ2n) is 6.06. The van der Waals surface area contributed by atoms with Crippen LogP contribution in [0.5, 0.6) is 0 Å². The van der Waals surface area contributed by atoms with Gasteiger partial charge in [-0.1, -0.05) is 19.8 Å². The van der Waals surface area contributed by atoms with Gasteiger partial charge in [-0.05, 0) is 37.8 Å². The number of unbranched alkanes of at least 4 members (excludes halogenated alkanes) is 2. The monoisotopic (exact) mass is 329 g/mol. The van der Waals surface area contributed by atoms with Gasteiger partial charge in [-0.15, -0.1) is 11.3 Å². The summed E-state index contributed by atoms with van der Waals surface area (Å²) in [6.45, 7) is 2.98. The number of fused-ring (bicyclic) bond motifs is 1. The molecule has 0 aliphatic heterocycles. The fourth-order valence-electron chi connectivity index (χ4n) is 2.95. The maximum Gasteiger partial charge on any atom is 0.223 e. The lowest BCUT2D eigenvalue weighted by Crippen LogP contribution is -2.34. The van der Waals surface area contributed by atoms with Crippen LogP contribution < -0.4 is 5.32 Å². The molecule has 23 heavy (non-hydrogen) atoms. The highest BCUT2D eigenvalue weighted by molar-refractivity contribution is 7.15. The van der Waals surface area contributed by atoms with Crippen molar-refractivity contribution >= 4 is 17.2 Å². The van der Waals surface area contributed by atoms with Gasteiger partial charge in [-0.25, -0.2) is 4.98 Å². The van der Waals surface area contributed by atoms with Crippen molar-refractivity contribution < 1.29 is 4.79 Å². The highest BCUT2D eigenvalue weighted by atomic mass is 32.1. The van der Waals surface area contributed by atoms with Crippen LogP contribution in [0.1, 0.15) is 43.2 Å². The molecule has 2 aromatic heterocycles. The summed E-state index contributed by atoms with van der Waals surface area (Å²) in [5.74, 6) is 0.320. The van der Waals surface area contributed by atoms with Crippen molar-refractivity contribution in [2.45, 2.75) is 45.4 Å². The Kier molecular flexibility index (Phi) is 5.39. The first-order valence-electron chi connectivity index (χ1n) is 8.44. The molecular formula is C18H23N3OS. The maximum atomic E-state index is 12.3. The minimum absolute atomic E-state index is 0.106. The van der Waals surface area contributed by atoms with E-state index in [1.807, 2.05) is 12.1 Å². The van der Waals surface area contributed by atoms with Crippen molar-refractivity contribution in [2.75, 3.05) is 6.54 Å². The number of aryl methyl sites for hydroxylation is 1. The standard InChI is InChI=1S/C18H23N3OS/c1-2-3-4-9-20-17(22)14-5-6-15-16(12-14)23-18(21-15)13-7-10-19-11-8-13/h7-8,10-11,14H,2-6,9,12H2,1H3,(H,20,22). The molecule has 2 heterocycles. The Morgan fingerprint density at radius 2 is 2.17 bits per heavy atom. The van der Waals surface area contributed by atoms with Crippen LogP contribution in [0.15, 0.2) is 24.5 Å². The van der Waals surface area contributed by atoms with Gasteiger partial charge in [-0.2, -0.15) is 0 Å². The van der Waals surface area contributed by atoms with Crippen LogP contribution >= 0.6 is 11.3 Å². The van der Waals surface area contributed by atoms with Gasteiger partial charge in [0.15, 0.2) is 0 Å². The summed E-state index contributed by atoms with van der Waals surface area (Å²) in [6, 6.07) is 3.98. The van der Waals surface area contributed by atoms with E-state index in [0.29, 0.717) is 0 Å². The second-order valence-corrected chi connectivity index (χ2v) is 7.15. The summed E-state index contributed by atoms with van der Waals surface area (Å²) in [4.78, 5) is 22.4. The van der Waals surface area contributed by atoms with Crippen LogP contribution in [-0.4, -0.2) is 22.4 Å². The lowest BCUT2D eigenvalue weighted by atomic mass is 9.90. The zero-order valence-corrected chi connectivity index (χ0v) is 14.4. The number of nitrogens with one attached hydrogen (secondary N) is 1. The van der Waals surface area contributed by atoms with Gasteiger partial charge in [0.25, 0.3) is 0 Å². The number of carbonyl (C=O) groups excluding carboxylic acids is 1. The molecule has 0 spiro atoms. The molecule has 1 unspecified atom stereocenters. The minimum atomic E-state index is 0.106. The molecule has 0 radical (unpaired) electrons. The lowest BCUT2D eigenvalue weighted by molar-refractivity contribution is -0.125. The van der Waals surface area contributed by atoms with Crippen molar-refractivity contribution in [2.24, 2.45) is 5.92 Å². The predicted octanol–water partition coefficient (Wildman–Crippen LogP) is 3.62. The van der Waals surface area contributed by atoms with Crippen molar-refractivity contribution in [3.8, 4) is 10.6 Å². The molecule has 2 aromatic rings. The van der Waals surface area contributed by atoms with Crippen LogP contribution in [0, 0.1) is 5.92 Å². The maximum absolute atomic E-state index is 12.3. The summed E-state index contributed by atoms with van der Waals surface area (Å²) in [6.07, 6.45) is 9.67. The van der Waals surface area contributed by atoms with Gasteiger partial charge in [0.2, 0.25) is 5.91 Å². The minimum Gasteiger partial charge on any atom is -0.356 e. The first-order chi connectivity index (χ1) is 11.3. The number of hydrogen-bond acceptors (Lipinski definition) is 4. The molecule has 4 nitrogen and oxygen atoms in total. The molecule has 0 saturated heterocycles. The zero-order valence-electron chi connectivity index (χ0n) is 13.5. The van der Waals surface area contributed by atoms with E-state index in [1.165, 1.54) is 23.4 Å². The van der Waals surface area contributed by atoms with Crippen molar-refractivity contribution in [3.05, 3.63) is 35.1 Å². The van der Waals surface area contributed by atoms with Gasteiger partial charge >= 0.3 is 0 Å². The van der Waals surface area contributed by atoms with Gasteiger partial charge in [0.05, 0.1) is 5.69 Å². The van der Waals surface area contributed by atoms with Crippen LogP contribution in [-0.2, 0) is 17.6 Å². The Hall–Kier alpha value is -1.75. The number of pyridine rings is 1. The normalized spacial score (nSPS) is 16.8. The molecule has 3 rings (SSSR count). The number of carbonyl (C=O) groups is 1. The Morgan fingerprint density at radius 3 is 2.96 bits per heavy atom. The van der Waals surface area contributed by atoms with Crippen LogP contribution in [0.2, 0.25) is 0 Å². The van der Waals surface area contributed by atoms with Gasteiger partial charge < -0.3 is 5.32 Å². The second kappa shape index (κ2) is 7.68. The number of amides is 1. The van der Waals surface area contributed by atoms with Crippen LogP contribution in [0.4, 0.5) is 0 Å². The molecule has 1 atom stereocenters. The van der Waals surface area contributed by atoms with E-state index in [-0.39, 0.29) is 11.8 Å². The highest BCUT2D eigenvalue weighted by Gasteiger charge is 2.27. The van der Waals surface area contributed by atoms with E-state index >= 15 is 0 Å². The summed E-state index contributed by atoms with van der Waals surface area (Å²) >= 11 is 1.72. The number of aromatic nitrogens is 2. The average molecular weight is 329 g/mol. The Morgan fingerprint density at radius 1 is 1.35 bits per heavy atom. The quantitative estimate of drug-likeness (QED) is 0.824. The molecule has 0 fully saturated rings. The molecule has 0 saturated carbocycles. The van der Waals surface area contributed by atoms with Crippen molar-refractivity contribution in [3.63, 3.8) is 0 Å². The zero-order chi connectivity index (χ0) is 16.1. The molecular weight excluding hydrogens is 306 g/mol. The molecule has 5 heteroatoms. The van der Waals surface area contributed by atoms with E-state index < -0.39 is 0 Å². The van der Waals surface area contributed by atoms with E-state index in [4.69, 9.17) is 4.98 Å². The third kappa shape index (κ3) is 3.96. The third-order valence-electron chi connectivity index (χ3n) is 4.32. The molecule has 1 amide bonds. The van der Waals surface area contributed by atoms with Gasteiger partial charge in [0, 0.05) is 35.3 Å². The third-order valence-corrected chi connectivity index (χ3v) is 5.49. The smallest absolute Gasteiger partial charge is 0.223 e. The number of nitrogens with zero attached hydrogens (tertiary/aromatic N) is 2. The summed E-state index contributed by atoms with van der Waals surface area (Å²) in [7, 11) is 0. The number of thiazole rings is 1. The Bertz CT molecular complexity index is 654. The number of rotatable bonds is 6. The summed E-state index contributed by atoms with van der Waals surface area (Å²) < 4.78 is 0. The molecule has 1 aliphatic rings. The Labute approximate surface area is 141 Å². The van der Waals surface area contributed by atoms with Gasteiger partial charge in [0.1, 0.15) is 5.01 Å². The summed E-state index contributed by atoms with van der Waals surface area (Å²) in [5.41, 5.74) is 2.29. The molecule has 122 valence electrons. The fourth-order valence-corrected chi connectivity index (χ4v) is 4.14. The summed E-state index contributed by atoms with van der Waals surface area (Å²) in [5, 5.41) is 4.14. The lowest BCUT2D eigenvalue weighted by Gasteiger charge is -2.20. The molecule has 1 aliphatic carbocycles.